The molecule has 0 unspecified atom stereocenters. The Labute approximate surface area is 92.2 Å². The van der Waals surface area contributed by atoms with Gasteiger partial charge in [0.25, 0.3) is 5.92 Å². The molecule has 0 aromatic heterocycles. The molecule has 0 atom stereocenters. The van der Waals surface area contributed by atoms with Crippen LogP contribution in [0.3, 0.4) is 0 Å². The molecule has 9 heteroatoms. The van der Waals surface area contributed by atoms with E-state index in [2.05, 4.69) is 4.74 Å². The van der Waals surface area contributed by atoms with Crippen LogP contribution in [-0.4, -0.2) is 45.8 Å². The van der Waals surface area contributed by atoms with E-state index in [1.54, 1.807) is 4.72 Å². The van der Waals surface area contributed by atoms with Crippen molar-refractivity contribution < 1.29 is 26.7 Å². The molecule has 3 N–H and O–H groups in total. The average molecular weight is 260 g/mol. The van der Waals surface area contributed by atoms with Gasteiger partial charge in [0.15, 0.2) is 5.75 Å². The van der Waals surface area contributed by atoms with Crippen molar-refractivity contribution in [1.29, 1.82) is 0 Å². The van der Waals surface area contributed by atoms with Gasteiger partial charge < -0.3 is 10.5 Å². The summed E-state index contributed by atoms with van der Waals surface area (Å²) in [4.78, 5) is 10.8. The highest BCUT2D eigenvalue weighted by Gasteiger charge is 2.29. The number of alkyl halides is 2. The lowest BCUT2D eigenvalue weighted by molar-refractivity contribution is -0.140. The number of sulfonamides is 1. The fourth-order valence-electron chi connectivity index (χ4n) is 0.697. The number of rotatable bonds is 7. The van der Waals surface area contributed by atoms with E-state index >= 15 is 0 Å². The van der Waals surface area contributed by atoms with Crippen molar-refractivity contribution in [1.82, 2.24) is 4.72 Å². The second kappa shape index (κ2) is 6.06. The molecule has 0 bridgehead atoms. The van der Waals surface area contributed by atoms with E-state index in [0.29, 0.717) is 0 Å². The zero-order valence-corrected chi connectivity index (χ0v) is 9.52. The van der Waals surface area contributed by atoms with Crippen LogP contribution < -0.4 is 10.5 Å². The Morgan fingerprint density at radius 2 is 2.06 bits per heavy atom. The highest BCUT2D eigenvalue weighted by molar-refractivity contribution is 7.90. The van der Waals surface area contributed by atoms with Crippen LogP contribution in [0.4, 0.5) is 8.78 Å². The van der Waals surface area contributed by atoms with Crippen molar-refractivity contribution in [3.05, 3.63) is 0 Å². The van der Waals surface area contributed by atoms with Crippen molar-refractivity contribution in [2.24, 2.45) is 5.73 Å². The summed E-state index contributed by atoms with van der Waals surface area (Å²) < 4.78 is 53.3. The van der Waals surface area contributed by atoms with Crippen LogP contribution in [0.15, 0.2) is 0 Å². The predicted molar refractivity (Wildman–Crippen MR) is 52.4 cm³/mol. The minimum atomic E-state index is -4.11. The summed E-state index contributed by atoms with van der Waals surface area (Å²) in [5.74, 6) is -5.31. The lowest BCUT2D eigenvalue weighted by atomic mass is 10.3. The molecule has 0 saturated carbocycles. The van der Waals surface area contributed by atoms with Crippen LogP contribution in [-0.2, 0) is 19.6 Å². The third-order valence-electron chi connectivity index (χ3n) is 1.46. The van der Waals surface area contributed by atoms with Gasteiger partial charge in [0.1, 0.15) is 0 Å². The van der Waals surface area contributed by atoms with Gasteiger partial charge in [-0.3, -0.25) is 4.79 Å². The number of nitrogens with two attached hydrogens (primary N) is 1. The van der Waals surface area contributed by atoms with Gasteiger partial charge in [0.2, 0.25) is 10.0 Å². The van der Waals surface area contributed by atoms with Crippen molar-refractivity contribution in [3.63, 3.8) is 0 Å². The zero-order chi connectivity index (χ0) is 12.8. The number of ether oxygens (including phenoxy) is 1. The average Bonchev–Trinajstić information content (AvgIpc) is 2.15. The number of hydrogen-bond acceptors (Lipinski definition) is 5. The van der Waals surface area contributed by atoms with E-state index in [9.17, 15) is 22.0 Å². The monoisotopic (exact) mass is 260 g/mol. The Bertz CT molecular complexity index is 331. The van der Waals surface area contributed by atoms with E-state index in [1.807, 2.05) is 0 Å². The topological polar surface area (TPSA) is 98.5 Å². The summed E-state index contributed by atoms with van der Waals surface area (Å²) in [7, 11) is -4.11. The summed E-state index contributed by atoms with van der Waals surface area (Å²) >= 11 is 0. The van der Waals surface area contributed by atoms with Crippen molar-refractivity contribution in [3.8, 4) is 0 Å². The first-order chi connectivity index (χ1) is 7.22. The molecule has 0 radical (unpaired) electrons. The van der Waals surface area contributed by atoms with Crippen molar-refractivity contribution in [2.45, 2.75) is 12.8 Å². The number of esters is 1. The fourth-order valence-corrected chi connectivity index (χ4v) is 1.62. The van der Waals surface area contributed by atoms with Gasteiger partial charge in [-0.2, -0.15) is 0 Å². The van der Waals surface area contributed by atoms with Crippen molar-refractivity contribution in [2.75, 3.05) is 25.4 Å². The predicted octanol–water partition coefficient (Wildman–Crippen LogP) is -0.937. The van der Waals surface area contributed by atoms with Crippen LogP contribution in [0.2, 0.25) is 0 Å². The minimum absolute atomic E-state index is 0.0211. The van der Waals surface area contributed by atoms with E-state index in [-0.39, 0.29) is 6.61 Å². The quantitative estimate of drug-likeness (QED) is 0.576. The van der Waals surface area contributed by atoms with Crippen LogP contribution in [0, 0.1) is 0 Å². The number of halogens is 2. The standard InChI is InChI=1S/C7H14F2N2O4S/c1-2-15-6(12)3-16(13,14)11-5-7(8,9)4-10/h11H,2-5,10H2,1H3. The Hall–Kier alpha value is -0.800. The molecule has 16 heavy (non-hydrogen) atoms. The van der Waals surface area contributed by atoms with Crippen LogP contribution in [0.25, 0.3) is 0 Å². The summed E-state index contributed by atoms with van der Waals surface area (Å²) in [6.45, 7) is -0.589. The van der Waals surface area contributed by atoms with E-state index < -0.39 is 40.8 Å². The van der Waals surface area contributed by atoms with E-state index in [1.165, 1.54) is 6.92 Å². The molecule has 0 aromatic rings. The van der Waals surface area contributed by atoms with Crippen molar-refractivity contribution >= 4 is 16.0 Å². The maximum absolute atomic E-state index is 12.6. The molecule has 0 aliphatic rings. The summed E-state index contributed by atoms with van der Waals surface area (Å²) in [5, 5.41) is 0. The van der Waals surface area contributed by atoms with Gasteiger partial charge in [-0.25, -0.2) is 21.9 Å². The molecule has 0 aromatic carbocycles. The first-order valence-corrected chi connectivity index (χ1v) is 6.08. The Morgan fingerprint density at radius 1 is 1.50 bits per heavy atom. The second-order valence-electron chi connectivity index (χ2n) is 2.95. The highest BCUT2D eigenvalue weighted by Crippen LogP contribution is 2.09. The summed E-state index contributed by atoms with van der Waals surface area (Å²) in [6, 6.07) is 0. The van der Waals surface area contributed by atoms with Gasteiger partial charge in [0, 0.05) is 0 Å². The lowest BCUT2D eigenvalue weighted by Crippen LogP contribution is -2.43. The molecule has 0 amide bonds. The molecule has 0 aliphatic heterocycles. The SMILES string of the molecule is CCOC(=O)CS(=O)(=O)NCC(F)(F)CN. The molecule has 0 saturated heterocycles. The van der Waals surface area contributed by atoms with E-state index in [0.717, 1.165) is 0 Å². The molecule has 0 heterocycles. The molecule has 6 nitrogen and oxygen atoms in total. The lowest BCUT2D eigenvalue weighted by Gasteiger charge is -2.14. The molecule has 0 spiro atoms. The van der Waals surface area contributed by atoms with Crippen LogP contribution in [0.5, 0.6) is 0 Å². The van der Waals surface area contributed by atoms with Gasteiger partial charge in [0.05, 0.1) is 19.7 Å². The Morgan fingerprint density at radius 3 is 2.50 bits per heavy atom. The van der Waals surface area contributed by atoms with Crippen LogP contribution in [0.1, 0.15) is 6.92 Å². The number of carbonyl (C=O) groups is 1. The summed E-state index contributed by atoms with van der Waals surface area (Å²) in [6.07, 6.45) is 0. The Kier molecular flexibility index (Phi) is 5.76. The number of hydrogen-bond donors (Lipinski definition) is 2. The van der Waals surface area contributed by atoms with Crippen LogP contribution >= 0.6 is 0 Å². The number of nitrogens with one attached hydrogen (secondary N) is 1. The molecular weight excluding hydrogens is 246 g/mol. The highest BCUT2D eigenvalue weighted by atomic mass is 32.2. The normalized spacial score (nSPS) is 12.5. The maximum Gasteiger partial charge on any atom is 0.322 e. The second-order valence-corrected chi connectivity index (χ2v) is 4.75. The van der Waals surface area contributed by atoms with E-state index in [4.69, 9.17) is 5.73 Å². The largest absolute Gasteiger partial charge is 0.465 e. The molecular formula is C7H14F2N2O4S. The fraction of sp³-hybridized carbons (Fsp3) is 0.857. The third kappa shape index (κ3) is 6.64. The molecule has 96 valence electrons. The molecule has 0 rings (SSSR count). The zero-order valence-electron chi connectivity index (χ0n) is 8.70. The summed E-state index contributed by atoms with van der Waals surface area (Å²) in [5.41, 5.74) is 4.71. The van der Waals surface area contributed by atoms with Gasteiger partial charge >= 0.3 is 5.97 Å². The Balaban J connectivity index is 4.21. The first kappa shape index (κ1) is 15.2. The third-order valence-corrected chi connectivity index (χ3v) is 2.66. The first-order valence-electron chi connectivity index (χ1n) is 4.43. The number of carbonyl (C=O) groups excluding carboxylic acids is 1. The van der Waals surface area contributed by atoms with Gasteiger partial charge in [-0.05, 0) is 6.92 Å². The molecule has 0 aliphatic carbocycles. The van der Waals surface area contributed by atoms with Gasteiger partial charge in [-0.1, -0.05) is 0 Å². The van der Waals surface area contributed by atoms with Gasteiger partial charge in [-0.15, -0.1) is 0 Å². The smallest absolute Gasteiger partial charge is 0.322 e. The minimum Gasteiger partial charge on any atom is -0.465 e. The maximum atomic E-state index is 12.6. The molecule has 0 fully saturated rings.